The van der Waals surface area contributed by atoms with Crippen LogP contribution in [0.2, 0.25) is 0 Å². The molecule has 0 radical (unpaired) electrons. The molecule has 5 heteroatoms. The van der Waals surface area contributed by atoms with Crippen molar-refractivity contribution in [3.63, 3.8) is 0 Å². The van der Waals surface area contributed by atoms with Crippen molar-refractivity contribution in [3.8, 4) is 0 Å². The van der Waals surface area contributed by atoms with Crippen LogP contribution in [0.15, 0.2) is 36.7 Å². The highest BCUT2D eigenvalue weighted by Gasteiger charge is 2.08. The Labute approximate surface area is 124 Å². The van der Waals surface area contributed by atoms with E-state index >= 15 is 0 Å². The molecule has 0 spiro atoms. The Morgan fingerprint density at radius 1 is 1.24 bits per heavy atom. The van der Waals surface area contributed by atoms with Crippen molar-refractivity contribution < 1.29 is 4.79 Å². The maximum Gasteiger partial charge on any atom is 0.270 e. The molecule has 0 unspecified atom stereocenters. The minimum Gasteiger partial charge on any atom is -0.384 e. The predicted molar refractivity (Wildman–Crippen MR) is 83.2 cm³/mol. The molecule has 0 saturated heterocycles. The van der Waals surface area contributed by atoms with Crippen LogP contribution in [-0.4, -0.2) is 22.4 Å². The largest absolute Gasteiger partial charge is 0.384 e. The van der Waals surface area contributed by atoms with Crippen LogP contribution in [0, 0.1) is 6.92 Å². The number of nitrogens with zero attached hydrogens (tertiary/aromatic N) is 2. The first kappa shape index (κ1) is 15.0. The fourth-order valence-electron chi connectivity index (χ4n) is 1.86. The van der Waals surface area contributed by atoms with E-state index in [-0.39, 0.29) is 5.91 Å². The second-order valence-electron chi connectivity index (χ2n) is 4.81. The number of aromatic nitrogens is 2. The third-order valence-corrected chi connectivity index (χ3v) is 3.11. The van der Waals surface area contributed by atoms with Gasteiger partial charge in [0.15, 0.2) is 0 Å². The van der Waals surface area contributed by atoms with E-state index < -0.39 is 0 Å². The topological polar surface area (TPSA) is 66.9 Å². The van der Waals surface area contributed by atoms with Gasteiger partial charge in [-0.15, -0.1) is 0 Å². The summed E-state index contributed by atoms with van der Waals surface area (Å²) in [5.41, 5.74) is 3.26. The first-order chi connectivity index (χ1) is 10.2. The zero-order chi connectivity index (χ0) is 15.1. The van der Waals surface area contributed by atoms with E-state index in [2.05, 4.69) is 27.5 Å². The lowest BCUT2D eigenvalue weighted by Gasteiger charge is -2.07. The smallest absolute Gasteiger partial charge is 0.270 e. The number of carbonyl (C=O) groups is 1. The summed E-state index contributed by atoms with van der Waals surface area (Å²) in [6.07, 6.45) is 4.45. The van der Waals surface area contributed by atoms with E-state index in [9.17, 15) is 4.79 Å². The number of hydrogen-bond donors (Lipinski definition) is 2. The number of pyridine rings is 2. The maximum absolute atomic E-state index is 12.0. The van der Waals surface area contributed by atoms with Gasteiger partial charge in [-0.3, -0.25) is 9.78 Å². The Hall–Kier alpha value is -2.43. The number of nitrogens with one attached hydrogen (secondary N) is 2. The normalized spacial score (nSPS) is 10.2. The highest BCUT2D eigenvalue weighted by Crippen LogP contribution is 2.07. The Balaban J connectivity index is 1.93. The molecule has 0 aromatic carbocycles. The fourth-order valence-corrected chi connectivity index (χ4v) is 1.86. The number of hydrogen-bond acceptors (Lipinski definition) is 4. The van der Waals surface area contributed by atoms with Gasteiger partial charge in [-0.05, 0) is 37.1 Å². The zero-order valence-electron chi connectivity index (χ0n) is 12.4. The molecule has 5 nitrogen and oxygen atoms in total. The van der Waals surface area contributed by atoms with Crippen LogP contribution in [0.1, 0.15) is 35.1 Å². The van der Waals surface area contributed by atoms with Gasteiger partial charge in [0.05, 0.1) is 24.1 Å². The molecule has 2 rings (SSSR count). The molecule has 0 saturated carbocycles. The SMILES string of the molecule is CCCNc1ccc(C(=O)NCc2ncccc2C)nc1. The molecule has 0 fully saturated rings. The molecule has 0 aliphatic rings. The van der Waals surface area contributed by atoms with Gasteiger partial charge in [0.1, 0.15) is 5.69 Å². The van der Waals surface area contributed by atoms with Crippen LogP contribution in [-0.2, 0) is 6.54 Å². The summed E-state index contributed by atoms with van der Waals surface area (Å²) in [5.74, 6) is -0.193. The van der Waals surface area contributed by atoms with E-state index in [4.69, 9.17) is 0 Å². The summed E-state index contributed by atoms with van der Waals surface area (Å²) in [7, 11) is 0. The summed E-state index contributed by atoms with van der Waals surface area (Å²) in [6, 6.07) is 7.44. The molecule has 2 aromatic heterocycles. The second kappa shape index (κ2) is 7.38. The molecule has 2 heterocycles. The van der Waals surface area contributed by atoms with Gasteiger partial charge in [0.25, 0.3) is 5.91 Å². The van der Waals surface area contributed by atoms with Crippen molar-refractivity contribution in [1.82, 2.24) is 15.3 Å². The van der Waals surface area contributed by atoms with Gasteiger partial charge in [0, 0.05) is 12.7 Å². The van der Waals surface area contributed by atoms with Crippen molar-refractivity contribution in [2.45, 2.75) is 26.8 Å². The summed E-state index contributed by atoms with van der Waals surface area (Å²) in [4.78, 5) is 20.5. The summed E-state index contributed by atoms with van der Waals surface area (Å²) >= 11 is 0. The lowest BCUT2D eigenvalue weighted by molar-refractivity contribution is 0.0945. The van der Waals surface area contributed by atoms with E-state index in [1.54, 1.807) is 18.5 Å². The average Bonchev–Trinajstić information content (AvgIpc) is 2.52. The minimum absolute atomic E-state index is 0.193. The molecule has 2 N–H and O–H groups in total. The second-order valence-corrected chi connectivity index (χ2v) is 4.81. The van der Waals surface area contributed by atoms with Crippen molar-refractivity contribution in [1.29, 1.82) is 0 Å². The highest BCUT2D eigenvalue weighted by atomic mass is 16.1. The van der Waals surface area contributed by atoms with Gasteiger partial charge in [-0.1, -0.05) is 13.0 Å². The predicted octanol–water partition coefficient (Wildman–Crippen LogP) is 2.54. The van der Waals surface area contributed by atoms with Crippen LogP contribution >= 0.6 is 0 Å². The van der Waals surface area contributed by atoms with Crippen molar-refractivity contribution in [2.75, 3.05) is 11.9 Å². The molecule has 2 aromatic rings. The molecule has 110 valence electrons. The molecular weight excluding hydrogens is 264 g/mol. The third kappa shape index (κ3) is 4.27. The first-order valence-corrected chi connectivity index (χ1v) is 7.09. The number of carbonyl (C=O) groups excluding carboxylic acids is 1. The Morgan fingerprint density at radius 3 is 2.76 bits per heavy atom. The highest BCUT2D eigenvalue weighted by molar-refractivity contribution is 5.92. The molecule has 0 bridgehead atoms. The zero-order valence-corrected chi connectivity index (χ0v) is 12.4. The van der Waals surface area contributed by atoms with E-state index in [1.165, 1.54) is 0 Å². The minimum atomic E-state index is -0.193. The van der Waals surface area contributed by atoms with Crippen molar-refractivity contribution in [2.24, 2.45) is 0 Å². The molecule has 1 amide bonds. The summed E-state index contributed by atoms with van der Waals surface area (Å²) < 4.78 is 0. The molecule has 21 heavy (non-hydrogen) atoms. The van der Waals surface area contributed by atoms with Crippen LogP contribution in [0.3, 0.4) is 0 Å². The number of rotatable bonds is 6. The first-order valence-electron chi connectivity index (χ1n) is 7.09. The van der Waals surface area contributed by atoms with Gasteiger partial charge < -0.3 is 10.6 Å². The van der Waals surface area contributed by atoms with E-state index in [0.717, 1.165) is 29.9 Å². The van der Waals surface area contributed by atoms with Crippen molar-refractivity contribution >= 4 is 11.6 Å². The van der Waals surface area contributed by atoms with Crippen LogP contribution in [0.4, 0.5) is 5.69 Å². The van der Waals surface area contributed by atoms with Crippen LogP contribution < -0.4 is 10.6 Å². The monoisotopic (exact) mass is 284 g/mol. The van der Waals surface area contributed by atoms with Gasteiger partial charge in [-0.2, -0.15) is 0 Å². The molecule has 0 atom stereocenters. The Bertz CT molecular complexity index is 595. The average molecular weight is 284 g/mol. The standard InChI is InChI=1S/C16H20N4O/c1-3-8-17-13-6-7-14(19-10-13)16(21)20-11-15-12(2)5-4-9-18-15/h4-7,9-10,17H,3,8,11H2,1-2H3,(H,20,21). The van der Waals surface area contributed by atoms with Gasteiger partial charge >= 0.3 is 0 Å². The summed E-state index contributed by atoms with van der Waals surface area (Å²) in [6.45, 7) is 5.37. The Kier molecular flexibility index (Phi) is 5.26. The molecule has 0 aliphatic heterocycles. The number of anilines is 1. The van der Waals surface area contributed by atoms with Crippen LogP contribution in [0.25, 0.3) is 0 Å². The lowest BCUT2D eigenvalue weighted by Crippen LogP contribution is -2.24. The summed E-state index contributed by atoms with van der Waals surface area (Å²) in [5, 5.41) is 6.06. The molecule has 0 aliphatic carbocycles. The van der Waals surface area contributed by atoms with Crippen LogP contribution in [0.5, 0.6) is 0 Å². The number of amides is 1. The Morgan fingerprint density at radius 2 is 2.10 bits per heavy atom. The van der Waals surface area contributed by atoms with Crippen molar-refractivity contribution in [3.05, 3.63) is 53.6 Å². The fraction of sp³-hybridized carbons (Fsp3) is 0.312. The van der Waals surface area contributed by atoms with Gasteiger partial charge in [0.2, 0.25) is 0 Å². The lowest BCUT2D eigenvalue weighted by atomic mass is 10.2. The van der Waals surface area contributed by atoms with E-state index in [0.29, 0.717) is 12.2 Å². The van der Waals surface area contributed by atoms with E-state index in [1.807, 2.05) is 25.1 Å². The third-order valence-electron chi connectivity index (χ3n) is 3.11. The van der Waals surface area contributed by atoms with Gasteiger partial charge in [-0.25, -0.2) is 4.98 Å². The number of aryl methyl sites for hydroxylation is 1. The maximum atomic E-state index is 12.0. The molecular formula is C16H20N4O. The quantitative estimate of drug-likeness (QED) is 0.855.